The predicted octanol–water partition coefficient (Wildman–Crippen LogP) is 1.28. The number of carbonyl (C=O) groups excluding carboxylic acids is 1. The molecule has 3 rings (SSSR count). The maximum Gasteiger partial charge on any atom is 0.417 e. The first-order valence-corrected chi connectivity index (χ1v) is 9.74. The average Bonchev–Trinajstić information content (AvgIpc) is 2.53. The van der Waals surface area contributed by atoms with Crippen LogP contribution in [0.3, 0.4) is 0 Å². The van der Waals surface area contributed by atoms with E-state index >= 15 is 0 Å². The van der Waals surface area contributed by atoms with Gasteiger partial charge in [0.15, 0.2) is 0 Å². The zero-order valence-electron chi connectivity index (χ0n) is 13.9. The minimum atomic E-state index is -4.73. The van der Waals surface area contributed by atoms with E-state index in [-0.39, 0.29) is 31.0 Å². The predicted molar refractivity (Wildman–Crippen MR) is 87.5 cm³/mol. The van der Waals surface area contributed by atoms with Gasteiger partial charge >= 0.3 is 6.18 Å². The quantitative estimate of drug-likeness (QED) is 0.838. The fourth-order valence-corrected chi connectivity index (χ4v) is 5.18. The Hall–Kier alpha value is -1.65. The third kappa shape index (κ3) is 3.58. The Kier molecular flexibility index (Phi) is 5.02. The van der Waals surface area contributed by atoms with Crippen molar-refractivity contribution in [1.29, 1.82) is 0 Å². The van der Waals surface area contributed by atoms with Crippen molar-refractivity contribution in [2.75, 3.05) is 26.2 Å². The SMILES string of the molecule is NC(=O)C1CCN(C2CN(S(=O)(=O)c3ccccc3C(F)(F)F)C2)CC1. The molecule has 0 unspecified atom stereocenters. The van der Waals surface area contributed by atoms with E-state index in [4.69, 9.17) is 5.73 Å². The van der Waals surface area contributed by atoms with Crippen LogP contribution in [0, 0.1) is 5.92 Å². The molecule has 2 aliphatic heterocycles. The number of primary amides is 1. The number of nitrogens with zero attached hydrogens (tertiary/aromatic N) is 2. The molecular formula is C16H20F3N3O3S. The molecule has 0 radical (unpaired) electrons. The van der Waals surface area contributed by atoms with Crippen molar-refractivity contribution in [3.63, 3.8) is 0 Å². The number of sulfonamides is 1. The van der Waals surface area contributed by atoms with Crippen LogP contribution in [0.25, 0.3) is 0 Å². The van der Waals surface area contributed by atoms with Crippen molar-refractivity contribution in [2.45, 2.75) is 30.0 Å². The standard InChI is InChI=1S/C16H20F3N3O3S/c17-16(18,19)13-3-1-2-4-14(13)26(24,25)22-9-12(10-22)21-7-5-11(6-8-21)15(20)23/h1-4,11-12H,5-10H2,(H2,20,23). The molecule has 0 bridgehead atoms. The Labute approximate surface area is 149 Å². The summed E-state index contributed by atoms with van der Waals surface area (Å²) in [6.07, 6.45) is -3.49. The number of carbonyl (C=O) groups is 1. The van der Waals surface area contributed by atoms with Gasteiger partial charge < -0.3 is 5.73 Å². The summed E-state index contributed by atoms with van der Waals surface area (Å²) in [5.74, 6) is -0.490. The highest BCUT2D eigenvalue weighted by Crippen LogP contribution is 2.36. The summed E-state index contributed by atoms with van der Waals surface area (Å²) in [5, 5.41) is 0. The zero-order valence-corrected chi connectivity index (χ0v) is 14.8. The van der Waals surface area contributed by atoms with Crippen LogP contribution in [0.1, 0.15) is 18.4 Å². The first-order valence-electron chi connectivity index (χ1n) is 8.30. The molecule has 1 aromatic carbocycles. The van der Waals surface area contributed by atoms with Crippen molar-refractivity contribution in [1.82, 2.24) is 9.21 Å². The maximum absolute atomic E-state index is 13.1. The molecule has 1 amide bonds. The molecule has 0 spiro atoms. The van der Waals surface area contributed by atoms with E-state index in [0.717, 1.165) is 16.4 Å². The Bertz CT molecular complexity index is 783. The van der Waals surface area contributed by atoms with Crippen molar-refractivity contribution in [3.8, 4) is 0 Å². The Balaban J connectivity index is 1.67. The largest absolute Gasteiger partial charge is 0.417 e. The van der Waals surface area contributed by atoms with Crippen molar-refractivity contribution in [3.05, 3.63) is 29.8 Å². The monoisotopic (exact) mass is 391 g/mol. The second-order valence-electron chi connectivity index (χ2n) is 6.68. The molecule has 1 aromatic rings. The van der Waals surface area contributed by atoms with Gasteiger partial charge in [-0.15, -0.1) is 0 Å². The molecule has 2 N–H and O–H groups in total. The molecular weight excluding hydrogens is 371 g/mol. The van der Waals surface area contributed by atoms with E-state index in [1.807, 2.05) is 0 Å². The average molecular weight is 391 g/mol. The molecule has 10 heteroatoms. The summed E-state index contributed by atoms with van der Waals surface area (Å²) in [6.45, 7) is 1.56. The van der Waals surface area contributed by atoms with Gasteiger partial charge in [-0.3, -0.25) is 9.69 Å². The summed E-state index contributed by atoms with van der Waals surface area (Å²) in [6, 6.07) is 4.18. The van der Waals surface area contributed by atoms with Gasteiger partial charge in [-0.1, -0.05) is 12.1 Å². The second-order valence-corrected chi connectivity index (χ2v) is 8.59. The molecule has 0 saturated carbocycles. The van der Waals surface area contributed by atoms with Gasteiger partial charge in [-0.2, -0.15) is 17.5 Å². The number of likely N-dealkylation sites (tertiary alicyclic amines) is 1. The van der Waals surface area contributed by atoms with Crippen molar-refractivity contribution < 1.29 is 26.4 Å². The lowest BCUT2D eigenvalue weighted by Crippen LogP contribution is -2.62. The van der Waals surface area contributed by atoms with Gasteiger partial charge in [0, 0.05) is 25.0 Å². The highest BCUT2D eigenvalue weighted by atomic mass is 32.2. The fourth-order valence-electron chi connectivity index (χ4n) is 3.46. The van der Waals surface area contributed by atoms with E-state index in [1.54, 1.807) is 0 Å². The smallest absolute Gasteiger partial charge is 0.369 e. The van der Waals surface area contributed by atoms with Crippen LogP contribution in [0.5, 0.6) is 0 Å². The summed E-state index contributed by atoms with van der Waals surface area (Å²) in [7, 11) is -4.20. The van der Waals surface area contributed by atoms with Gasteiger partial charge in [0.25, 0.3) is 0 Å². The van der Waals surface area contributed by atoms with Crippen LogP contribution in [-0.4, -0.2) is 55.8 Å². The number of halogens is 3. The summed E-state index contributed by atoms with van der Waals surface area (Å²) in [5.41, 5.74) is 4.14. The van der Waals surface area contributed by atoms with Gasteiger partial charge in [0.05, 0.1) is 10.5 Å². The summed E-state index contributed by atoms with van der Waals surface area (Å²) in [4.78, 5) is 12.6. The molecule has 0 atom stereocenters. The number of hydrogen-bond acceptors (Lipinski definition) is 4. The van der Waals surface area contributed by atoms with Crippen LogP contribution in [0.2, 0.25) is 0 Å². The molecule has 26 heavy (non-hydrogen) atoms. The van der Waals surface area contributed by atoms with Gasteiger partial charge in [-0.05, 0) is 38.1 Å². The Morgan fingerprint density at radius 1 is 1.12 bits per heavy atom. The Morgan fingerprint density at radius 2 is 1.69 bits per heavy atom. The Morgan fingerprint density at radius 3 is 2.23 bits per heavy atom. The second kappa shape index (κ2) is 6.82. The number of benzene rings is 1. The maximum atomic E-state index is 13.1. The number of alkyl halides is 3. The van der Waals surface area contributed by atoms with E-state index in [0.29, 0.717) is 25.9 Å². The van der Waals surface area contributed by atoms with E-state index in [1.165, 1.54) is 12.1 Å². The topological polar surface area (TPSA) is 83.7 Å². The lowest BCUT2D eigenvalue weighted by atomic mass is 9.94. The number of rotatable bonds is 4. The minimum Gasteiger partial charge on any atom is -0.369 e. The third-order valence-corrected chi connectivity index (χ3v) is 6.98. The van der Waals surface area contributed by atoms with Crippen molar-refractivity contribution in [2.24, 2.45) is 11.7 Å². The molecule has 0 aromatic heterocycles. The molecule has 2 saturated heterocycles. The van der Waals surface area contributed by atoms with Crippen LogP contribution in [0.15, 0.2) is 29.2 Å². The van der Waals surface area contributed by atoms with Crippen LogP contribution in [0.4, 0.5) is 13.2 Å². The normalized spacial score (nSPS) is 21.5. The highest BCUT2D eigenvalue weighted by Gasteiger charge is 2.44. The van der Waals surface area contributed by atoms with Gasteiger partial charge in [0.1, 0.15) is 0 Å². The number of piperidine rings is 1. The summed E-state index contributed by atoms with van der Waals surface area (Å²) < 4.78 is 65.6. The van der Waals surface area contributed by atoms with Crippen molar-refractivity contribution >= 4 is 15.9 Å². The molecule has 0 aliphatic carbocycles. The first kappa shape index (κ1) is 19.1. The lowest BCUT2D eigenvalue weighted by Gasteiger charge is -2.46. The lowest BCUT2D eigenvalue weighted by molar-refractivity contribution is -0.140. The van der Waals surface area contributed by atoms with Gasteiger partial charge in [-0.25, -0.2) is 8.42 Å². The minimum absolute atomic E-state index is 0.0448. The summed E-state index contributed by atoms with van der Waals surface area (Å²) >= 11 is 0. The van der Waals surface area contributed by atoms with Gasteiger partial charge in [0.2, 0.25) is 15.9 Å². The molecule has 6 nitrogen and oxygen atoms in total. The van der Waals surface area contributed by atoms with E-state index < -0.39 is 26.7 Å². The first-order chi connectivity index (χ1) is 12.1. The van der Waals surface area contributed by atoms with E-state index in [9.17, 15) is 26.4 Å². The molecule has 144 valence electrons. The molecule has 2 heterocycles. The molecule has 2 aliphatic rings. The number of nitrogens with two attached hydrogens (primary N) is 1. The third-order valence-electron chi connectivity index (χ3n) is 5.09. The zero-order chi connectivity index (χ0) is 19.1. The number of hydrogen-bond donors (Lipinski definition) is 1. The van der Waals surface area contributed by atoms with Crippen LogP contribution in [-0.2, 0) is 21.0 Å². The fraction of sp³-hybridized carbons (Fsp3) is 0.562. The van der Waals surface area contributed by atoms with Crippen LogP contribution >= 0.6 is 0 Å². The highest BCUT2D eigenvalue weighted by molar-refractivity contribution is 7.89. The number of amides is 1. The van der Waals surface area contributed by atoms with E-state index in [2.05, 4.69) is 4.90 Å². The van der Waals surface area contributed by atoms with Crippen LogP contribution < -0.4 is 5.73 Å². The molecule has 2 fully saturated rings.